The minimum absolute atomic E-state index is 0.0357. The molecule has 0 bridgehead atoms. The molecule has 3 aliphatic heterocycles. The summed E-state index contributed by atoms with van der Waals surface area (Å²) in [5.74, 6) is 2.20. The van der Waals surface area contributed by atoms with E-state index in [1.165, 1.54) is 0 Å². The minimum atomic E-state index is -0.187. The second-order valence-corrected chi connectivity index (χ2v) is 8.54. The van der Waals surface area contributed by atoms with E-state index in [0.29, 0.717) is 75.0 Å². The van der Waals surface area contributed by atoms with Gasteiger partial charge in [0, 0.05) is 37.2 Å². The molecule has 8 heteroatoms. The molecule has 0 N–H and O–H groups in total. The number of fused-ring (bicyclic) bond motifs is 1. The topological polar surface area (TPSA) is 77.5 Å². The van der Waals surface area contributed by atoms with Crippen molar-refractivity contribution in [2.45, 2.75) is 18.9 Å². The maximum Gasteiger partial charge on any atom is 0.253 e. The van der Waals surface area contributed by atoms with Crippen molar-refractivity contribution in [2.75, 3.05) is 46.2 Å². The lowest BCUT2D eigenvalue weighted by atomic mass is 9.94. The maximum atomic E-state index is 13.1. The van der Waals surface area contributed by atoms with Crippen LogP contribution in [-0.4, -0.2) is 73.9 Å². The van der Waals surface area contributed by atoms with Crippen LogP contribution < -0.4 is 14.2 Å². The summed E-state index contributed by atoms with van der Waals surface area (Å²) in [7, 11) is 0. The van der Waals surface area contributed by atoms with Crippen LogP contribution in [0.3, 0.4) is 0 Å². The molecule has 1 atom stereocenters. The summed E-state index contributed by atoms with van der Waals surface area (Å²) in [6.45, 7) is 3.37. The number of benzene rings is 2. The smallest absolute Gasteiger partial charge is 0.253 e. The van der Waals surface area contributed by atoms with Crippen LogP contribution in [0.1, 0.15) is 23.2 Å². The van der Waals surface area contributed by atoms with Gasteiger partial charge in [-0.25, -0.2) is 0 Å². The molecular weight excluding hydrogens is 424 g/mol. The summed E-state index contributed by atoms with van der Waals surface area (Å²) in [5, 5.41) is 0. The first-order valence-corrected chi connectivity index (χ1v) is 11.4. The minimum Gasteiger partial charge on any atom is -0.491 e. The zero-order valence-corrected chi connectivity index (χ0v) is 18.5. The standard InChI is InChI=1S/C25H28N2O6/c28-24(18-4-2-1-3-5-18)26-10-8-19(9-11-26)25(29)27-12-13-30-21(15-27)16-31-20-6-7-22-23(14-20)33-17-32-22/h1-7,14,19,21H,8-13,15-17H2. The van der Waals surface area contributed by atoms with Gasteiger partial charge < -0.3 is 28.7 Å². The van der Waals surface area contributed by atoms with Gasteiger partial charge in [0.15, 0.2) is 11.5 Å². The molecule has 3 heterocycles. The second kappa shape index (κ2) is 9.70. The third-order valence-corrected chi connectivity index (χ3v) is 6.38. The fourth-order valence-electron chi connectivity index (χ4n) is 4.53. The van der Waals surface area contributed by atoms with Gasteiger partial charge in [0.2, 0.25) is 12.7 Å². The van der Waals surface area contributed by atoms with Gasteiger partial charge in [-0.1, -0.05) is 18.2 Å². The number of hydrogen-bond donors (Lipinski definition) is 0. The Balaban J connectivity index is 1.10. The molecule has 0 aromatic heterocycles. The summed E-state index contributed by atoms with van der Waals surface area (Å²) in [6.07, 6.45) is 1.19. The van der Waals surface area contributed by atoms with Crippen molar-refractivity contribution in [1.29, 1.82) is 0 Å². The molecule has 174 valence electrons. The molecule has 2 aromatic rings. The average molecular weight is 453 g/mol. The number of carbonyl (C=O) groups excluding carboxylic acids is 2. The first-order chi connectivity index (χ1) is 16.2. The highest BCUT2D eigenvalue weighted by Gasteiger charge is 2.33. The fourth-order valence-corrected chi connectivity index (χ4v) is 4.53. The van der Waals surface area contributed by atoms with Crippen molar-refractivity contribution in [2.24, 2.45) is 5.92 Å². The third kappa shape index (κ3) is 4.90. The van der Waals surface area contributed by atoms with Crippen LogP contribution in [0, 0.1) is 5.92 Å². The number of rotatable bonds is 5. The highest BCUT2D eigenvalue weighted by Crippen LogP contribution is 2.35. The summed E-state index contributed by atoms with van der Waals surface area (Å²) in [4.78, 5) is 29.5. The molecule has 2 aromatic carbocycles. The highest BCUT2D eigenvalue weighted by molar-refractivity contribution is 5.94. The molecule has 2 amide bonds. The molecule has 1 unspecified atom stereocenters. The molecule has 2 saturated heterocycles. The number of morpholine rings is 1. The van der Waals surface area contributed by atoms with Crippen LogP contribution in [0.25, 0.3) is 0 Å². The van der Waals surface area contributed by atoms with Gasteiger partial charge in [-0.3, -0.25) is 9.59 Å². The van der Waals surface area contributed by atoms with E-state index < -0.39 is 0 Å². The number of piperidine rings is 1. The molecule has 3 aliphatic rings. The van der Waals surface area contributed by atoms with E-state index in [4.69, 9.17) is 18.9 Å². The zero-order valence-electron chi connectivity index (χ0n) is 18.5. The predicted octanol–water partition coefficient (Wildman–Crippen LogP) is 2.57. The number of hydrogen-bond acceptors (Lipinski definition) is 6. The summed E-state index contributed by atoms with van der Waals surface area (Å²) in [5.41, 5.74) is 0.695. The predicted molar refractivity (Wildman–Crippen MR) is 119 cm³/mol. The SMILES string of the molecule is O=C(c1ccccc1)N1CCC(C(=O)N2CCOC(COc3ccc4c(c3)OCO4)C2)CC1. The zero-order chi connectivity index (χ0) is 22.6. The highest BCUT2D eigenvalue weighted by atomic mass is 16.7. The van der Waals surface area contributed by atoms with Gasteiger partial charge in [-0.05, 0) is 37.1 Å². The van der Waals surface area contributed by atoms with Gasteiger partial charge in [0.05, 0.1) is 13.2 Å². The van der Waals surface area contributed by atoms with Crippen molar-refractivity contribution in [3.8, 4) is 17.2 Å². The molecule has 0 aliphatic carbocycles. The Morgan fingerprint density at radius 1 is 0.939 bits per heavy atom. The van der Waals surface area contributed by atoms with Crippen LogP contribution in [0.5, 0.6) is 17.2 Å². The monoisotopic (exact) mass is 452 g/mol. The molecule has 33 heavy (non-hydrogen) atoms. The summed E-state index contributed by atoms with van der Waals surface area (Å²) < 4.78 is 22.4. The number of carbonyl (C=O) groups is 2. The molecule has 5 rings (SSSR count). The third-order valence-electron chi connectivity index (χ3n) is 6.38. The molecule has 8 nitrogen and oxygen atoms in total. The number of likely N-dealkylation sites (tertiary alicyclic amines) is 1. The second-order valence-electron chi connectivity index (χ2n) is 8.54. The Kier molecular flexibility index (Phi) is 6.35. The number of ether oxygens (including phenoxy) is 4. The van der Waals surface area contributed by atoms with Crippen molar-refractivity contribution in [3.63, 3.8) is 0 Å². The average Bonchev–Trinajstić information content (AvgIpc) is 3.35. The lowest BCUT2D eigenvalue weighted by Crippen LogP contribution is -2.51. The van der Waals surface area contributed by atoms with E-state index in [9.17, 15) is 9.59 Å². The normalized spacial score (nSPS) is 20.5. The quantitative estimate of drug-likeness (QED) is 0.694. The lowest BCUT2D eigenvalue weighted by Gasteiger charge is -2.37. The maximum absolute atomic E-state index is 13.1. The Bertz CT molecular complexity index is 990. The fraction of sp³-hybridized carbons (Fsp3) is 0.440. The number of nitrogens with zero attached hydrogens (tertiary/aromatic N) is 2. The summed E-state index contributed by atoms with van der Waals surface area (Å²) in [6, 6.07) is 14.8. The van der Waals surface area contributed by atoms with Crippen LogP contribution >= 0.6 is 0 Å². The Hall–Kier alpha value is -3.26. The van der Waals surface area contributed by atoms with Crippen LogP contribution in [0.2, 0.25) is 0 Å². The van der Waals surface area contributed by atoms with Crippen LogP contribution in [0.15, 0.2) is 48.5 Å². The van der Waals surface area contributed by atoms with Gasteiger partial charge in [-0.2, -0.15) is 0 Å². The van der Waals surface area contributed by atoms with E-state index >= 15 is 0 Å². The summed E-state index contributed by atoms with van der Waals surface area (Å²) >= 11 is 0. The van der Waals surface area contributed by atoms with Crippen molar-refractivity contribution in [3.05, 3.63) is 54.1 Å². The lowest BCUT2D eigenvalue weighted by molar-refractivity contribution is -0.145. The van der Waals surface area contributed by atoms with E-state index in [1.807, 2.05) is 52.3 Å². The first-order valence-electron chi connectivity index (χ1n) is 11.4. The molecule has 0 saturated carbocycles. The van der Waals surface area contributed by atoms with E-state index in [1.54, 1.807) is 6.07 Å². The Morgan fingerprint density at radius 2 is 1.73 bits per heavy atom. The molecule has 0 radical (unpaired) electrons. The van der Waals surface area contributed by atoms with Crippen molar-refractivity contribution in [1.82, 2.24) is 9.80 Å². The van der Waals surface area contributed by atoms with Crippen molar-refractivity contribution < 1.29 is 28.5 Å². The largest absolute Gasteiger partial charge is 0.491 e. The van der Waals surface area contributed by atoms with Gasteiger partial charge in [-0.15, -0.1) is 0 Å². The van der Waals surface area contributed by atoms with Crippen LogP contribution in [0.4, 0.5) is 0 Å². The van der Waals surface area contributed by atoms with Gasteiger partial charge in [0.1, 0.15) is 18.5 Å². The number of amides is 2. The van der Waals surface area contributed by atoms with Crippen LogP contribution in [-0.2, 0) is 9.53 Å². The van der Waals surface area contributed by atoms with Gasteiger partial charge >= 0.3 is 0 Å². The Labute approximate surface area is 193 Å². The van der Waals surface area contributed by atoms with E-state index in [0.717, 1.165) is 0 Å². The van der Waals surface area contributed by atoms with E-state index in [-0.39, 0.29) is 30.6 Å². The van der Waals surface area contributed by atoms with Gasteiger partial charge in [0.25, 0.3) is 5.91 Å². The molecule has 0 spiro atoms. The first kappa shape index (κ1) is 21.6. The molecule has 2 fully saturated rings. The van der Waals surface area contributed by atoms with E-state index in [2.05, 4.69) is 0 Å². The van der Waals surface area contributed by atoms with Crippen molar-refractivity contribution >= 4 is 11.8 Å². The molecular formula is C25H28N2O6. The Morgan fingerprint density at radius 3 is 2.55 bits per heavy atom.